The fourth-order valence-corrected chi connectivity index (χ4v) is 3.03. The molecule has 0 unspecified atom stereocenters. The van der Waals surface area contributed by atoms with Gasteiger partial charge in [0, 0.05) is 44.8 Å². The van der Waals surface area contributed by atoms with Crippen molar-refractivity contribution in [3.05, 3.63) is 29.8 Å². The highest BCUT2D eigenvalue weighted by molar-refractivity contribution is 5.94. The van der Waals surface area contributed by atoms with Crippen molar-refractivity contribution < 1.29 is 19.4 Å². The maximum atomic E-state index is 12.4. The Morgan fingerprint density at radius 3 is 2.38 bits per heavy atom. The predicted octanol–water partition coefficient (Wildman–Crippen LogP) is 0.00880. The van der Waals surface area contributed by atoms with Crippen LogP contribution in [0.2, 0.25) is 0 Å². The number of benzene rings is 1. The van der Waals surface area contributed by atoms with Crippen LogP contribution in [0.15, 0.2) is 24.3 Å². The summed E-state index contributed by atoms with van der Waals surface area (Å²) >= 11 is 0. The molecular weight excluding hydrogens is 310 g/mol. The van der Waals surface area contributed by atoms with Gasteiger partial charge in [0.1, 0.15) is 5.75 Å². The molecule has 2 amide bonds. The number of phenols is 1. The third kappa shape index (κ3) is 4.04. The highest BCUT2D eigenvalue weighted by atomic mass is 16.5. The van der Waals surface area contributed by atoms with Crippen molar-refractivity contribution in [2.24, 2.45) is 0 Å². The van der Waals surface area contributed by atoms with E-state index in [0.717, 1.165) is 0 Å². The van der Waals surface area contributed by atoms with Gasteiger partial charge in [-0.25, -0.2) is 0 Å². The minimum Gasteiger partial charge on any atom is -0.508 e. The normalized spacial score (nSPS) is 19.3. The first kappa shape index (κ1) is 16.7. The van der Waals surface area contributed by atoms with Crippen LogP contribution in [-0.4, -0.2) is 90.6 Å². The van der Waals surface area contributed by atoms with Gasteiger partial charge in [0.25, 0.3) is 5.91 Å². The maximum absolute atomic E-state index is 12.4. The lowest BCUT2D eigenvalue weighted by atomic mass is 10.1. The zero-order valence-electron chi connectivity index (χ0n) is 13.7. The number of amides is 2. The first-order chi connectivity index (χ1) is 11.6. The molecule has 2 saturated heterocycles. The topological polar surface area (TPSA) is 73.3 Å². The van der Waals surface area contributed by atoms with E-state index in [1.165, 1.54) is 6.07 Å². The smallest absolute Gasteiger partial charge is 0.254 e. The Kier molecular flexibility index (Phi) is 5.32. The highest BCUT2D eigenvalue weighted by Crippen LogP contribution is 2.14. The lowest BCUT2D eigenvalue weighted by Crippen LogP contribution is -2.52. The van der Waals surface area contributed by atoms with E-state index >= 15 is 0 Å². The van der Waals surface area contributed by atoms with Crippen molar-refractivity contribution in [1.82, 2.24) is 14.7 Å². The Balaban J connectivity index is 1.48. The van der Waals surface area contributed by atoms with Crippen molar-refractivity contribution >= 4 is 11.8 Å². The summed E-state index contributed by atoms with van der Waals surface area (Å²) in [6.45, 7) is 5.48. The first-order valence-electron chi connectivity index (χ1n) is 8.29. The minimum atomic E-state index is -0.0787. The number of hydrogen-bond donors (Lipinski definition) is 1. The third-order valence-electron chi connectivity index (χ3n) is 4.48. The zero-order chi connectivity index (χ0) is 16.9. The van der Waals surface area contributed by atoms with Crippen molar-refractivity contribution in [2.75, 3.05) is 59.0 Å². The molecule has 1 N–H and O–H groups in total. The van der Waals surface area contributed by atoms with E-state index in [0.29, 0.717) is 64.6 Å². The molecule has 0 aromatic heterocycles. The number of aromatic hydroxyl groups is 1. The van der Waals surface area contributed by atoms with Crippen LogP contribution in [0, 0.1) is 0 Å². The summed E-state index contributed by atoms with van der Waals surface area (Å²) in [6.07, 6.45) is 0. The van der Waals surface area contributed by atoms with Gasteiger partial charge in [0.15, 0.2) is 0 Å². The van der Waals surface area contributed by atoms with E-state index in [9.17, 15) is 14.7 Å². The molecule has 1 aromatic carbocycles. The van der Waals surface area contributed by atoms with Crippen LogP contribution < -0.4 is 0 Å². The Morgan fingerprint density at radius 2 is 1.71 bits per heavy atom. The monoisotopic (exact) mass is 333 g/mol. The fourth-order valence-electron chi connectivity index (χ4n) is 3.03. The molecule has 0 aliphatic carbocycles. The van der Waals surface area contributed by atoms with Gasteiger partial charge >= 0.3 is 0 Å². The molecule has 130 valence electrons. The number of carbonyl (C=O) groups excluding carboxylic acids is 2. The summed E-state index contributed by atoms with van der Waals surface area (Å²) in [7, 11) is 0. The van der Waals surface area contributed by atoms with Crippen LogP contribution in [-0.2, 0) is 9.53 Å². The second-order valence-corrected chi connectivity index (χ2v) is 6.11. The van der Waals surface area contributed by atoms with Gasteiger partial charge in [-0.2, -0.15) is 0 Å². The Morgan fingerprint density at radius 1 is 1.00 bits per heavy atom. The first-order valence-corrected chi connectivity index (χ1v) is 8.29. The van der Waals surface area contributed by atoms with Crippen LogP contribution in [0.1, 0.15) is 10.4 Å². The van der Waals surface area contributed by atoms with Gasteiger partial charge in [0.05, 0.1) is 19.8 Å². The SMILES string of the molecule is O=C(CN1CCN(C(=O)c2cccc(O)c2)CC1)N1CCOCC1. The van der Waals surface area contributed by atoms with Crippen LogP contribution in [0.25, 0.3) is 0 Å². The molecule has 0 bridgehead atoms. The minimum absolute atomic E-state index is 0.0787. The molecule has 2 heterocycles. The van der Waals surface area contributed by atoms with E-state index in [4.69, 9.17) is 4.74 Å². The number of ether oxygens (including phenoxy) is 1. The number of hydrogen-bond acceptors (Lipinski definition) is 5. The largest absolute Gasteiger partial charge is 0.508 e. The second-order valence-electron chi connectivity index (χ2n) is 6.11. The summed E-state index contributed by atoms with van der Waals surface area (Å²) in [5.74, 6) is 0.145. The fraction of sp³-hybridized carbons (Fsp3) is 0.529. The van der Waals surface area contributed by atoms with Gasteiger partial charge in [-0.1, -0.05) is 6.07 Å². The molecule has 7 nitrogen and oxygen atoms in total. The molecule has 0 spiro atoms. The second kappa shape index (κ2) is 7.63. The molecule has 2 aliphatic heterocycles. The molecule has 3 rings (SSSR count). The number of rotatable bonds is 3. The van der Waals surface area contributed by atoms with E-state index < -0.39 is 0 Å². The molecule has 1 aromatic rings. The van der Waals surface area contributed by atoms with Crippen LogP contribution >= 0.6 is 0 Å². The Hall–Kier alpha value is -2.12. The molecule has 2 fully saturated rings. The van der Waals surface area contributed by atoms with E-state index in [2.05, 4.69) is 4.90 Å². The van der Waals surface area contributed by atoms with Crippen LogP contribution in [0.3, 0.4) is 0 Å². The zero-order valence-corrected chi connectivity index (χ0v) is 13.7. The highest BCUT2D eigenvalue weighted by Gasteiger charge is 2.25. The average molecular weight is 333 g/mol. The number of piperazine rings is 1. The summed E-state index contributed by atoms with van der Waals surface area (Å²) in [5.41, 5.74) is 0.493. The number of phenolic OH excluding ortho intramolecular Hbond substituents is 1. The lowest BCUT2D eigenvalue weighted by molar-refractivity contribution is -0.136. The van der Waals surface area contributed by atoms with Crippen LogP contribution in [0.4, 0.5) is 0 Å². The molecule has 0 atom stereocenters. The molecule has 7 heteroatoms. The van der Waals surface area contributed by atoms with Gasteiger partial charge in [0.2, 0.25) is 5.91 Å². The number of morpholine rings is 1. The average Bonchev–Trinajstić information content (AvgIpc) is 2.62. The number of carbonyl (C=O) groups is 2. The summed E-state index contributed by atoms with van der Waals surface area (Å²) in [5, 5.41) is 9.50. The summed E-state index contributed by atoms with van der Waals surface area (Å²) in [4.78, 5) is 30.4. The van der Waals surface area contributed by atoms with E-state index in [1.807, 2.05) is 4.90 Å². The molecular formula is C17H23N3O4. The third-order valence-corrected chi connectivity index (χ3v) is 4.48. The summed E-state index contributed by atoms with van der Waals surface area (Å²) in [6, 6.07) is 6.40. The van der Waals surface area contributed by atoms with Crippen molar-refractivity contribution in [3.8, 4) is 5.75 Å². The predicted molar refractivity (Wildman–Crippen MR) is 87.8 cm³/mol. The molecule has 2 aliphatic rings. The molecule has 0 radical (unpaired) electrons. The van der Waals surface area contributed by atoms with Crippen molar-refractivity contribution in [2.45, 2.75) is 0 Å². The quantitative estimate of drug-likeness (QED) is 0.843. The van der Waals surface area contributed by atoms with Crippen LogP contribution in [0.5, 0.6) is 5.75 Å². The van der Waals surface area contributed by atoms with Crippen molar-refractivity contribution in [1.29, 1.82) is 0 Å². The van der Waals surface area contributed by atoms with Gasteiger partial charge in [-0.15, -0.1) is 0 Å². The van der Waals surface area contributed by atoms with Gasteiger partial charge in [-0.3, -0.25) is 14.5 Å². The Labute approximate surface area is 141 Å². The Bertz CT molecular complexity index is 593. The standard InChI is InChI=1S/C17H23N3O4/c21-15-3-1-2-14(12-15)17(23)20-6-4-18(5-7-20)13-16(22)19-8-10-24-11-9-19/h1-3,12,21H,4-11,13H2. The van der Waals surface area contributed by atoms with Gasteiger partial charge < -0.3 is 19.6 Å². The molecule has 0 saturated carbocycles. The molecule has 24 heavy (non-hydrogen) atoms. The number of nitrogens with zero attached hydrogens (tertiary/aromatic N) is 3. The summed E-state index contributed by atoms with van der Waals surface area (Å²) < 4.78 is 5.26. The van der Waals surface area contributed by atoms with E-state index in [1.54, 1.807) is 23.1 Å². The van der Waals surface area contributed by atoms with E-state index in [-0.39, 0.29) is 17.6 Å². The lowest BCUT2D eigenvalue weighted by Gasteiger charge is -2.36. The van der Waals surface area contributed by atoms with Crippen molar-refractivity contribution in [3.63, 3.8) is 0 Å². The maximum Gasteiger partial charge on any atom is 0.254 e. The van der Waals surface area contributed by atoms with Gasteiger partial charge in [-0.05, 0) is 18.2 Å².